The van der Waals surface area contributed by atoms with Crippen LogP contribution in [0.1, 0.15) is 33.6 Å². The molecule has 0 unspecified atom stereocenters. The summed E-state index contributed by atoms with van der Waals surface area (Å²) < 4.78 is 6.27. The molecular weight excluding hydrogens is 228 g/mol. The predicted octanol–water partition coefficient (Wildman–Crippen LogP) is 1.11. The van der Waals surface area contributed by atoms with Crippen LogP contribution in [0.4, 0.5) is 0 Å². The Hall–Kier alpha value is -0.610. The Kier molecular flexibility index (Phi) is 2.72. The topological polar surface area (TPSA) is 32.8 Å². The molecule has 3 fully saturated rings. The van der Waals surface area contributed by atoms with E-state index in [1.165, 1.54) is 19.4 Å². The molecule has 2 aliphatic heterocycles. The van der Waals surface area contributed by atoms with Crippen molar-refractivity contribution in [2.75, 3.05) is 32.7 Å². The summed E-state index contributed by atoms with van der Waals surface area (Å²) in [6.45, 7) is 10.6. The Morgan fingerprint density at radius 3 is 2.44 bits per heavy atom. The highest BCUT2D eigenvalue weighted by Crippen LogP contribution is 2.38. The number of hydrogen-bond donors (Lipinski definition) is 0. The van der Waals surface area contributed by atoms with Gasteiger partial charge in [0.15, 0.2) is 0 Å². The van der Waals surface area contributed by atoms with Gasteiger partial charge in [0.25, 0.3) is 0 Å². The van der Waals surface area contributed by atoms with Crippen molar-refractivity contribution in [1.82, 2.24) is 9.80 Å². The zero-order valence-electron chi connectivity index (χ0n) is 11.7. The molecule has 102 valence electrons. The maximum atomic E-state index is 11.6. The van der Waals surface area contributed by atoms with Gasteiger partial charge in [0, 0.05) is 33.1 Å². The molecule has 3 aliphatic rings. The molecule has 2 heterocycles. The molecule has 0 aromatic rings. The van der Waals surface area contributed by atoms with Crippen molar-refractivity contribution in [2.45, 2.75) is 44.8 Å². The van der Waals surface area contributed by atoms with Crippen LogP contribution in [0.5, 0.6) is 0 Å². The van der Waals surface area contributed by atoms with E-state index in [1.807, 2.05) is 4.90 Å². The first-order valence-electron chi connectivity index (χ1n) is 7.06. The lowest BCUT2D eigenvalue weighted by molar-refractivity contribution is -0.245. The van der Waals surface area contributed by atoms with E-state index in [-0.39, 0.29) is 17.1 Å². The van der Waals surface area contributed by atoms with Crippen LogP contribution in [-0.4, -0.2) is 59.6 Å². The minimum atomic E-state index is -0.213. The Morgan fingerprint density at radius 2 is 1.89 bits per heavy atom. The third-order valence-electron chi connectivity index (χ3n) is 4.23. The summed E-state index contributed by atoms with van der Waals surface area (Å²) in [5, 5.41) is 0. The van der Waals surface area contributed by atoms with E-state index in [2.05, 4.69) is 18.7 Å². The van der Waals surface area contributed by atoms with Gasteiger partial charge in [-0.1, -0.05) is 0 Å². The molecule has 0 aromatic heterocycles. The normalized spacial score (nSPS) is 30.3. The van der Waals surface area contributed by atoms with Crippen LogP contribution in [0.15, 0.2) is 0 Å². The fourth-order valence-corrected chi connectivity index (χ4v) is 3.46. The van der Waals surface area contributed by atoms with E-state index in [0.717, 1.165) is 25.6 Å². The third kappa shape index (κ3) is 2.41. The first kappa shape index (κ1) is 12.4. The van der Waals surface area contributed by atoms with Gasteiger partial charge in [0.1, 0.15) is 5.60 Å². The van der Waals surface area contributed by atoms with Crippen molar-refractivity contribution in [3.8, 4) is 0 Å². The Bertz CT molecular complexity index is 357. The molecule has 4 heteroatoms. The second kappa shape index (κ2) is 3.94. The van der Waals surface area contributed by atoms with Crippen LogP contribution in [0, 0.1) is 5.92 Å². The lowest BCUT2D eigenvalue weighted by Crippen LogP contribution is -2.73. The Labute approximate surface area is 109 Å². The zero-order chi connectivity index (χ0) is 13.0. The number of amides is 1. The van der Waals surface area contributed by atoms with Crippen molar-refractivity contribution < 1.29 is 9.53 Å². The highest BCUT2D eigenvalue weighted by molar-refractivity contribution is 5.73. The van der Waals surface area contributed by atoms with E-state index >= 15 is 0 Å². The maximum absolute atomic E-state index is 11.6. The summed E-state index contributed by atoms with van der Waals surface area (Å²) in [6.07, 6.45) is 2.80. The predicted molar refractivity (Wildman–Crippen MR) is 69.3 cm³/mol. The molecule has 18 heavy (non-hydrogen) atoms. The Morgan fingerprint density at radius 1 is 1.22 bits per heavy atom. The molecule has 1 saturated carbocycles. The maximum Gasteiger partial charge on any atom is 0.219 e. The zero-order valence-corrected chi connectivity index (χ0v) is 11.7. The number of likely N-dealkylation sites (tertiary alicyclic amines) is 1. The number of rotatable bonds is 2. The second-order valence-electron chi connectivity index (χ2n) is 7.03. The van der Waals surface area contributed by atoms with Crippen molar-refractivity contribution in [3.05, 3.63) is 0 Å². The fraction of sp³-hybridized carbons (Fsp3) is 0.929. The highest BCUT2D eigenvalue weighted by Gasteiger charge is 2.52. The molecule has 0 radical (unpaired) electrons. The van der Waals surface area contributed by atoms with E-state index in [0.29, 0.717) is 6.54 Å². The summed E-state index contributed by atoms with van der Waals surface area (Å²) in [5.41, 5.74) is -0.308. The molecular formula is C14H24N2O2. The summed E-state index contributed by atoms with van der Waals surface area (Å²) in [4.78, 5) is 16.1. The van der Waals surface area contributed by atoms with Gasteiger partial charge in [-0.25, -0.2) is 0 Å². The van der Waals surface area contributed by atoms with E-state index < -0.39 is 0 Å². The van der Waals surface area contributed by atoms with Gasteiger partial charge in [0.05, 0.1) is 12.1 Å². The quantitative estimate of drug-likeness (QED) is 0.738. The monoisotopic (exact) mass is 252 g/mol. The number of ether oxygens (including phenoxy) is 1. The van der Waals surface area contributed by atoms with Gasteiger partial charge in [-0.3, -0.25) is 9.69 Å². The lowest BCUT2D eigenvalue weighted by atomic mass is 9.88. The average molecular weight is 252 g/mol. The third-order valence-corrected chi connectivity index (χ3v) is 4.23. The number of carbonyl (C=O) groups is 1. The molecule has 0 aromatic carbocycles. The molecule has 2 saturated heterocycles. The van der Waals surface area contributed by atoms with Gasteiger partial charge >= 0.3 is 0 Å². The van der Waals surface area contributed by atoms with Crippen molar-refractivity contribution in [1.29, 1.82) is 0 Å². The van der Waals surface area contributed by atoms with Crippen LogP contribution in [-0.2, 0) is 9.53 Å². The van der Waals surface area contributed by atoms with E-state index in [1.54, 1.807) is 6.92 Å². The molecule has 0 atom stereocenters. The summed E-state index contributed by atoms with van der Waals surface area (Å²) >= 11 is 0. The molecule has 1 amide bonds. The number of morpholine rings is 1. The first-order valence-corrected chi connectivity index (χ1v) is 7.06. The van der Waals surface area contributed by atoms with Gasteiger partial charge < -0.3 is 9.64 Å². The molecule has 0 N–H and O–H groups in total. The lowest BCUT2D eigenvalue weighted by Gasteiger charge is -2.58. The number of nitrogens with zero attached hydrogens (tertiary/aromatic N) is 2. The highest BCUT2D eigenvalue weighted by atomic mass is 16.5. The second-order valence-corrected chi connectivity index (χ2v) is 7.03. The van der Waals surface area contributed by atoms with Crippen molar-refractivity contribution in [3.63, 3.8) is 0 Å². The number of hydrogen-bond acceptors (Lipinski definition) is 3. The Balaban J connectivity index is 1.63. The first-order chi connectivity index (χ1) is 8.38. The SMILES string of the molecule is CC(=O)N1CC(C)(C)OC2(CN(CC3CC3)C2)C1. The van der Waals surface area contributed by atoms with E-state index in [9.17, 15) is 4.79 Å². The molecule has 0 bridgehead atoms. The van der Waals surface area contributed by atoms with Gasteiger partial charge in [-0.2, -0.15) is 0 Å². The van der Waals surface area contributed by atoms with Gasteiger partial charge in [-0.05, 0) is 32.6 Å². The number of carbonyl (C=O) groups excluding carboxylic acids is 1. The van der Waals surface area contributed by atoms with Crippen LogP contribution < -0.4 is 0 Å². The molecule has 3 rings (SSSR count). The standard InChI is InChI=1S/C14H24N2O2/c1-11(17)16-7-13(2,3)18-14(10-16)8-15(9-14)6-12-4-5-12/h12H,4-10H2,1-3H3. The summed E-state index contributed by atoms with van der Waals surface area (Å²) in [7, 11) is 0. The van der Waals surface area contributed by atoms with Crippen LogP contribution in [0.2, 0.25) is 0 Å². The van der Waals surface area contributed by atoms with Crippen LogP contribution in [0.25, 0.3) is 0 Å². The van der Waals surface area contributed by atoms with Gasteiger partial charge in [0.2, 0.25) is 5.91 Å². The van der Waals surface area contributed by atoms with Crippen molar-refractivity contribution in [2.24, 2.45) is 5.92 Å². The smallest absolute Gasteiger partial charge is 0.219 e. The molecule has 1 spiro atoms. The molecule has 1 aliphatic carbocycles. The molecule has 4 nitrogen and oxygen atoms in total. The van der Waals surface area contributed by atoms with Crippen molar-refractivity contribution >= 4 is 5.91 Å². The van der Waals surface area contributed by atoms with Gasteiger partial charge in [-0.15, -0.1) is 0 Å². The largest absolute Gasteiger partial charge is 0.363 e. The van der Waals surface area contributed by atoms with E-state index in [4.69, 9.17) is 4.74 Å². The van der Waals surface area contributed by atoms with Crippen LogP contribution in [0.3, 0.4) is 0 Å². The van der Waals surface area contributed by atoms with Crippen LogP contribution >= 0.6 is 0 Å². The summed E-state index contributed by atoms with van der Waals surface area (Å²) in [6, 6.07) is 0. The minimum Gasteiger partial charge on any atom is -0.363 e. The minimum absolute atomic E-state index is 0.0949. The average Bonchev–Trinajstić information content (AvgIpc) is 2.96. The fourth-order valence-electron chi connectivity index (χ4n) is 3.46. The summed E-state index contributed by atoms with van der Waals surface area (Å²) in [5.74, 6) is 1.11.